The monoisotopic (exact) mass is 782 g/mol. The molecule has 0 fully saturated rings. The van der Waals surface area contributed by atoms with Gasteiger partial charge in [0.05, 0.1) is 21.8 Å². The van der Waals surface area contributed by atoms with Crippen LogP contribution in [0, 0.1) is 0 Å². The second kappa shape index (κ2) is 14.1. The maximum Gasteiger partial charge on any atom is 0.294 e. The van der Waals surface area contributed by atoms with Crippen LogP contribution in [0.2, 0.25) is 0 Å². The number of aryl methyl sites for hydroxylation is 2. The SMILES string of the molecule is COc1c2cc(CCc3ccccc3)cc1Cc1cc(S(=O)(=O)O)cc(c1O)Cc1cc(S(=O)(=O)O)cc(c1O)Cc1cc(S(=O)(=O)O)cc(c1O)C2. The van der Waals surface area contributed by atoms with Crippen molar-refractivity contribution in [1.29, 1.82) is 0 Å². The Morgan fingerprint density at radius 1 is 0.472 bits per heavy atom. The van der Waals surface area contributed by atoms with E-state index in [0.717, 1.165) is 47.5 Å². The fraction of sp³-hybridized carbons (Fsp3) is 0.189. The summed E-state index contributed by atoms with van der Waals surface area (Å²) < 4.78 is 111. The fourth-order valence-corrected chi connectivity index (χ4v) is 8.44. The smallest absolute Gasteiger partial charge is 0.294 e. The number of fused-ring (bicyclic) bond motifs is 8. The van der Waals surface area contributed by atoms with Crippen LogP contribution in [-0.2, 0) is 68.9 Å². The highest BCUT2D eigenvalue weighted by molar-refractivity contribution is 7.86. The topological polar surface area (TPSA) is 233 Å². The molecule has 0 amide bonds. The molecule has 278 valence electrons. The average molecular weight is 783 g/mol. The van der Waals surface area contributed by atoms with E-state index in [4.69, 9.17) is 4.74 Å². The summed E-state index contributed by atoms with van der Waals surface area (Å²) in [6.07, 6.45) is -0.286. The highest BCUT2D eigenvalue weighted by Crippen LogP contribution is 2.40. The Morgan fingerprint density at radius 2 is 0.774 bits per heavy atom. The Labute approximate surface area is 306 Å². The van der Waals surface area contributed by atoms with Gasteiger partial charge in [-0.05, 0) is 71.5 Å². The second-order valence-electron chi connectivity index (χ2n) is 12.8. The Balaban J connectivity index is 1.67. The molecule has 1 aliphatic rings. The summed E-state index contributed by atoms with van der Waals surface area (Å²) in [6.45, 7) is 0. The number of aromatic hydroxyl groups is 3. The predicted octanol–water partition coefficient (Wildman–Crippen LogP) is 5.01. The summed E-state index contributed by atoms with van der Waals surface area (Å²) in [5.74, 6) is -1.18. The van der Waals surface area contributed by atoms with Crippen molar-refractivity contribution in [3.8, 4) is 23.0 Å². The average Bonchev–Trinajstić information content (AvgIpc) is 3.07. The lowest BCUT2D eigenvalue weighted by Gasteiger charge is -2.20. The summed E-state index contributed by atoms with van der Waals surface area (Å²) in [5.41, 5.74) is 1.99. The van der Waals surface area contributed by atoms with E-state index in [-0.39, 0.29) is 52.0 Å². The lowest BCUT2D eigenvalue weighted by atomic mass is 9.89. The third-order valence-corrected chi connectivity index (χ3v) is 11.7. The largest absolute Gasteiger partial charge is 0.507 e. The number of benzene rings is 5. The predicted molar refractivity (Wildman–Crippen MR) is 192 cm³/mol. The summed E-state index contributed by atoms with van der Waals surface area (Å²) in [7, 11) is -13.3. The van der Waals surface area contributed by atoms with Crippen molar-refractivity contribution in [2.24, 2.45) is 0 Å². The molecule has 0 heterocycles. The number of phenolic OH excluding ortho intramolecular Hbond substituents is 3. The molecule has 8 bridgehead atoms. The van der Waals surface area contributed by atoms with Gasteiger partial charge in [-0.2, -0.15) is 25.3 Å². The molecule has 5 aromatic carbocycles. The lowest BCUT2D eigenvalue weighted by Crippen LogP contribution is -2.08. The van der Waals surface area contributed by atoms with Gasteiger partial charge < -0.3 is 20.1 Å². The van der Waals surface area contributed by atoms with Gasteiger partial charge in [-0.1, -0.05) is 42.5 Å². The zero-order valence-corrected chi connectivity index (χ0v) is 30.5. The molecule has 6 N–H and O–H groups in total. The number of ether oxygens (including phenoxy) is 1. The first-order valence-corrected chi connectivity index (χ1v) is 20.3. The molecule has 0 aromatic heterocycles. The van der Waals surface area contributed by atoms with E-state index in [2.05, 4.69) is 0 Å². The van der Waals surface area contributed by atoms with Crippen LogP contribution in [0.4, 0.5) is 0 Å². The molecule has 0 saturated heterocycles. The van der Waals surface area contributed by atoms with E-state index in [0.29, 0.717) is 24.0 Å². The van der Waals surface area contributed by atoms with Gasteiger partial charge in [0.15, 0.2) is 0 Å². The van der Waals surface area contributed by atoms with Gasteiger partial charge in [0.2, 0.25) is 0 Å². The molecule has 0 spiro atoms. The van der Waals surface area contributed by atoms with Crippen molar-refractivity contribution in [3.05, 3.63) is 134 Å². The minimum atomic E-state index is -4.94. The van der Waals surface area contributed by atoms with E-state index < -0.39 is 75.1 Å². The van der Waals surface area contributed by atoms with Crippen LogP contribution in [0.25, 0.3) is 0 Å². The van der Waals surface area contributed by atoms with Crippen molar-refractivity contribution in [3.63, 3.8) is 0 Å². The number of phenols is 3. The molecule has 6 rings (SSSR count). The standard InChI is InChI=1S/C37H34O13S3/c1-50-37-29-9-22(8-7-21-5-3-2-4-6-21)10-30(37)14-28-20-33(53(47,48)49)18-26(36(28)40)12-24-16-31(51(41,42)43)15-23(34(24)38)11-25-17-32(52(44,45)46)19-27(13-29)35(25)39/h2-6,9-10,15-20,38-40H,7-8,11-14H2,1H3,(H,41,42,43)(H,44,45,46)(H,47,48,49). The number of hydrogen-bond acceptors (Lipinski definition) is 10. The fourth-order valence-electron chi connectivity index (χ4n) is 6.69. The third kappa shape index (κ3) is 8.17. The van der Waals surface area contributed by atoms with Crippen LogP contribution in [0.5, 0.6) is 23.0 Å². The van der Waals surface area contributed by atoms with Gasteiger partial charge in [0.1, 0.15) is 23.0 Å². The Morgan fingerprint density at radius 3 is 1.08 bits per heavy atom. The van der Waals surface area contributed by atoms with Crippen molar-refractivity contribution < 1.29 is 59.0 Å². The number of rotatable bonds is 7. The highest BCUT2D eigenvalue weighted by atomic mass is 32.2. The van der Waals surface area contributed by atoms with E-state index in [1.165, 1.54) is 7.11 Å². The molecular weight excluding hydrogens is 749 g/mol. The first-order chi connectivity index (χ1) is 24.8. The minimum Gasteiger partial charge on any atom is -0.507 e. The molecule has 0 saturated carbocycles. The van der Waals surface area contributed by atoms with Gasteiger partial charge in [-0.3, -0.25) is 13.7 Å². The maximum atomic E-state index is 12.5. The second-order valence-corrected chi connectivity index (χ2v) is 17.1. The molecule has 16 heteroatoms. The van der Waals surface area contributed by atoms with E-state index >= 15 is 0 Å². The summed E-state index contributed by atoms with van der Waals surface area (Å²) in [6, 6.07) is 19.1. The Kier molecular flexibility index (Phi) is 10.1. The first kappa shape index (κ1) is 37.8. The molecule has 0 aliphatic heterocycles. The van der Waals surface area contributed by atoms with Crippen LogP contribution in [0.15, 0.2) is 93.5 Å². The van der Waals surface area contributed by atoms with Gasteiger partial charge in [-0.25, -0.2) is 0 Å². The molecule has 53 heavy (non-hydrogen) atoms. The summed E-state index contributed by atoms with van der Waals surface area (Å²) >= 11 is 0. The van der Waals surface area contributed by atoms with Crippen LogP contribution in [0.3, 0.4) is 0 Å². The van der Waals surface area contributed by atoms with Gasteiger partial charge in [0, 0.05) is 59.1 Å². The molecule has 13 nitrogen and oxygen atoms in total. The third-order valence-electron chi connectivity index (χ3n) is 9.19. The highest BCUT2D eigenvalue weighted by Gasteiger charge is 2.26. The zero-order valence-electron chi connectivity index (χ0n) is 28.0. The Hall–Kier alpha value is -4.97. The van der Waals surface area contributed by atoms with Crippen LogP contribution >= 0.6 is 0 Å². The molecule has 0 radical (unpaired) electrons. The molecule has 0 unspecified atom stereocenters. The van der Waals surface area contributed by atoms with Crippen molar-refractivity contribution >= 4 is 30.4 Å². The van der Waals surface area contributed by atoms with Crippen LogP contribution in [-0.4, -0.2) is 61.3 Å². The molecule has 0 atom stereocenters. The van der Waals surface area contributed by atoms with Crippen LogP contribution in [0.1, 0.15) is 55.6 Å². The quantitative estimate of drug-likeness (QED) is 0.117. The van der Waals surface area contributed by atoms with Gasteiger partial charge in [0.25, 0.3) is 30.4 Å². The van der Waals surface area contributed by atoms with Crippen molar-refractivity contribution in [2.45, 2.75) is 53.2 Å². The van der Waals surface area contributed by atoms with E-state index in [1.807, 2.05) is 30.3 Å². The van der Waals surface area contributed by atoms with Gasteiger partial charge in [-0.15, -0.1) is 0 Å². The summed E-state index contributed by atoms with van der Waals surface area (Å²) in [4.78, 5) is -1.89. The van der Waals surface area contributed by atoms with E-state index in [1.54, 1.807) is 12.1 Å². The van der Waals surface area contributed by atoms with Crippen molar-refractivity contribution in [2.75, 3.05) is 7.11 Å². The maximum absolute atomic E-state index is 12.5. The zero-order chi connectivity index (χ0) is 38.5. The molecule has 5 aromatic rings. The first-order valence-electron chi connectivity index (χ1n) is 16.0. The van der Waals surface area contributed by atoms with Crippen molar-refractivity contribution in [1.82, 2.24) is 0 Å². The normalized spacial score (nSPS) is 13.4. The molecular formula is C37H34O13S3. The minimum absolute atomic E-state index is 0.0100. The van der Waals surface area contributed by atoms with Crippen LogP contribution < -0.4 is 4.74 Å². The lowest BCUT2D eigenvalue weighted by molar-refractivity contribution is 0.405. The summed E-state index contributed by atoms with van der Waals surface area (Å²) in [5, 5.41) is 34.6. The van der Waals surface area contributed by atoms with E-state index in [9.17, 15) is 54.2 Å². The molecule has 1 aliphatic carbocycles. The number of methoxy groups -OCH3 is 1. The Bertz CT molecular complexity index is 2470. The van der Waals surface area contributed by atoms with Gasteiger partial charge >= 0.3 is 0 Å². The number of hydrogen-bond donors (Lipinski definition) is 6.